The standard InChI is InChI=1S/C19H20N2O4S2/c1-3-13-9-15(26-12-20)10-14(4-2)19(13)21-27(22,23)16-5-6-17-18(11-16)25-8-7-24-17/h5-6,9-11,21H,3-4,7-8H2,1-2H3. The monoisotopic (exact) mass is 404 g/mol. The maximum Gasteiger partial charge on any atom is 0.262 e. The molecule has 2 aromatic rings. The van der Waals surface area contributed by atoms with Crippen molar-refractivity contribution in [2.75, 3.05) is 17.9 Å². The van der Waals surface area contributed by atoms with Crippen LogP contribution in [-0.2, 0) is 22.9 Å². The van der Waals surface area contributed by atoms with E-state index in [0.717, 1.165) is 27.8 Å². The minimum Gasteiger partial charge on any atom is -0.486 e. The molecule has 0 saturated heterocycles. The van der Waals surface area contributed by atoms with E-state index < -0.39 is 10.0 Å². The molecule has 0 aromatic heterocycles. The molecule has 0 aliphatic carbocycles. The summed E-state index contributed by atoms with van der Waals surface area (Å²) in [7, 11) is -3.79. The summed E-state index contributed by atoms with van der Waals surface area (Å²) in [6, 6.07) is 8.31. The summed E-state index contributed by atoms with van der Waals surface area (Å²) in [5, 5.41) is 11.0. The predicted molar refractivity (Wildman–Crippen MR) is 105 cm³/mol. The zero-order chi connectivity index (χ0) is 19.4. The van der Waals surface area contributed by atoms with E-state index in [4.69, 9.17) is 14.7 Å². The smallest absolute Gasteiger partial charge is 0.262 e. The van der Waals surface area contributed by atoms with Crippen LogP contribution in [0.15, 0.2) is 40.1 Å². The molecular formula is C19H20N2O4S2. The van der Waals surface area contributed by atoms with Gasteiger partial charge in [0.2, 0.25) is 0 Å². The Morgan fingerprint density at radius 1 is 1.07 bits per heavy atom. The van der Waals surface area contributed by atoms with Crippen LogP contribution in [-0.4, -0.2) is 21.6 Å². The molecule has 0 spiro atoms. The van der Waals surface area contributed by atoms with E-state index in [-0.39, 0.29) is 4.90 Å². The van der Waals surface area contributed by atoms with E-state index in [1.54, 1.807) is 6.07 Å². The van der Waals surface area contributed by atoms with Crippen molar-refractivity contribution in [1.82, 2.24) is 0 Å². The largest absolute Gasteiger partial charge is 0.486 e. The fourth-order valence-electron chi connectivity index (χ4n) is 2.92. The number of benzene rings is 2. The molecule has 0 bridgehead atoms. The van der Waals surface area contributed by atoms with Crippen molar-refractivity contribution < 1.29 is 17.9 Å². The first-order valence-electron chi connectivity index (χ1n) is 8.62. The van der Waals surface area contributed by atoms with Crippen molar-refractivity contribution in [3.8, 4) is 16.9 Å². The summed E-state index contributed by atoms with van der Waals surface area (Å²) in [6.07, 6.45) is 1.29. The number of hydrogen-bond donors (Lipinski definition) is 1. The highest BCUT2D eigenvalue weighted by molar-refractivity contribution is 8.03. The lowest BCUT2D eigenvalue weighted by Gasteiger charge is -2.20. The molecule has 0 radical (unpaired) electrons. The number of aryl methyl sites for hydroxylation is 2. The van der Waals surface area contributed by atoms with Gasteiger partial charge in [-0.25, -0.2) is 8.42 Å². The van der Waals surface area contributed by atoms with Crippen molar-refractivity contribution >= 4 is 27.5 Å². The van der Waals surface area contributed by atoms with Crippen molar-refractivity contribution in [3.05, 3.63) is 41.5 Å². The summed E-state index contributed by atoms with van der Waals surface area (Å²) in [5.41, 5.74) is 2.29. The third-order valence-corrected chi connectivity index (χ3v) is 6.17. The average molecular weight is 405 g/mol. The van der Waals surface area contributed by atoms with Crippen molar-refractivity contribution in [2.24, 2.45) is 0 Å². The summed E-state index contributed by atoms with van der Waals surface area (Å²) in [5.74, 6) is 0.970. The number of ether oxygens (including phenoxy) is 2. The minimum absolute atomic E-state index is 0.117. The highest BCUT2D eigenvalue weighted by Crippen LogP contribution is 2.34. The van der Waals surface area contributed by atoms with Gasteiger partial charge in [0.25, 0.3) is 10.0 Å². The quantitative estimate of drug-likeness (QED) is 0.579. The second-order valence-electron chi connectivity index (χ2n) is 5.93. The van der Waals surface area contributed by atoms with Gasteiger partial charge in [-0.2, -0.15) is 5.26 Å². The van der Waals surface area contributed by atoms with Gasteiger partial charge in [0.1, 0.15) is 18.6 Å². The molecule has 0 atom stereocenters. The Balaban J connectivity index is 1.99. The average Bonchev–Trinajstić information content (AvgIpc) is 2.68. The fourth-order valence-corrected chi connectivity index (χ4v) is 4.59. The first-order chi connectivity index (χ1) is 13.0. The molecule has 8 heteroatoms. The molecule has 0 saturated carbocycles. The second kappa shape index (κ2) is 8.11. The van der Waals surface area contributed by atoms with E-state index in [9.17, 15) is 8.42 Å². The molecule has 3 rings (SSSR count). The SMILES string of the molecule is CCc1cc(SC#N)cc(CC)c1NS(=O)(=O)c1ccc2c(c1)OCCO2. The highest BCUT2D eigenvalue weighted by atomic mass is 32.2. The topological polar surface area (TPSA) is 88.4 Å². The first-order valence-corrected chi connectivity index (χ1v) is 10.9. The molecule has 1 aliphatic heterocycles. The van der Waals surface area contributed by atoms with Gasteiger partial charge in [0, 0.05) is 11.0 Å². The summed E-state index contributed by atoms with van der Waals surface area (Å²) in [4.78, 5) is 0.930. The molecule has 0 unspecified atom stereocenters. The van der Waals surface area contributed by atoms with E-state index in [1.165, 1.54) is 12.1 Å². The summed E-state index contributed by atoms with van der Waals surface area (Å²) < 4.78 is 39.6. The van der Waals surface area contributed by atoms with Crippen LogP contribution in [0.25, 0.3) is 0 Å². The van der Waals surface area contributed by atoms with Gasteiger partial charge in [-0.15, -0.1) is 0 Å². The molecule has 1 aliphatic rings. The number of fused-ring (bicyclic) bond motifs is 1. The first kappa shape index (κ1) is 19.4. The summed E-state index contributed by atoms with van der Waals surface area (Å²) >= 11 is 1.07. The number of nitrogens with zero attached hydrogens (tertiary/aromatic N) is 1. The van der Waals surface area contributed by atoms with E-state index in [1.807, 2.05) is 26.0 Å². The third kappa shape index (κ3) is 4.15. The molecule has 0 amide bonds. The predicted octanol–water partition coefficient (Wildman–Crippen LogP) is 3.96. The lowest BCUT2D eigenvalue weighted by molar-refractivity contribution is 0.171. The van der Waals surface area contributed by atoms with Gasteiger partial charge in [-0.1, -0.05) is 13.8 Å². The second-order valence-corrected chi connectivity index (χ2v) is 8.47. The maximum atomic E-state index is 13.0. The van der Waals surface area contributed by atoms with Crippen LogP contribution in [0.3, 0.4) is 0 Å². The Hall–Kier alpha value is -2.37. The molecule has 6 nitrogen and oxygen atoms in total. The number of anilines is 1. The highest BCUT2D eigenvalue weighted by Gasteiger charge is 2.22. The Labute approximate surface area is 163 Å². The van der Waals surface area contributed by atoms with Gasteiger partial charge < -0.3 is 9.47 Å². The molecule has 0 fully saturated rings. The Morgan fingerprint density at radius 2 is 1.70 bits per heavy atom. The zero-order valence-electron chi connectivity index (χ0n) is 15.1. The van der Waals surface area contributed by atoms with Crippen molar-refractivity contribution in [2.45, 2.75) is 36.5 Å². The molecular weight excluding hydrogens is 384 g/mol. The van der Waals surface area contributed by atoms with Gasteiger partial charge in [0.05, 0.1) is 10.6 Å². The number of thioether (sulfide) groups is 1. The van der Waals surface area contributed by atoms with Gasteiger partial charge in [-0.05, 0) is 60.0 Å². The van der Waals surface area contributed by atoms with Crippen LogP contribution in [0.2, 0.25) is 0 Å². The van der Waals surface area contributed by atoms with Crippen molar-refractivity contribution in [3.63, 3.8) is 0 Å². The molecule has 1 heterocycles. The van der Waals surface area contributed by atoms with Crippen LogP contribution < -0.4 is 14.2 Å². The van der Waals surface area contributed by atoms with Gasteiger partial charge in [0.15, 0.2) is 11.5 Å². The minimum atomic E-state index is -3.79. The van der Waals surface area contributed by atoms with E-state index in [2.05, 4.69) is 10.1 Å². The number of rotatable bonds is 6. The number of nitriles is 1. The van der Waals surface area contributed by atoms with Gasteiger partial charge in [-0.3, -0.25) is 4.72 Å². The summed E-state index contributed by atoms with van der Waals surface area (Å²) in [6.45, 7) is 4.75. The van der Waals surface area contributed by atoms with Crippen LogP contribution in [0.1, 0.15) is 25.0 Å². The lowest BCUT2D eigenvalue weighted by atomic mass is 10.0. The van der Waals surface area contributed by atoms with Crippen molar-refractivity contribution in [1.29, 1.82) is 5.26 Å². The third-order valence-electron chi connectivity index (χ3n) is 4.26. The van der Waals surface area contributed by atoms with E-state index >= 15 is 0 Å². The molecule has 1 N–H and O–H groups in total. The molecule has 27 heavy (non-hydrogen) atoms. The molecule has 2 aromatic carbocycles. The maximum absolute atomic E-state index is 13.0. The number of nitrogens with one attached hydrogen (secondary N) is 1. The number of thiocyanates is 1. The van der Waals surface area contributed by atoms with Crippen LogP contribution in [0, 0.1) is 10.7 Å². The molecule has 142 valence electrons. The number of sulfonamides is 1. The normalized spacial score (nSPS) is 13.1. The van der Waals surface area contributed by atoms with E-state index in [0.29, 0.717) is 43.2 Å². The zero-order valence-corrected chi connectivity index (χ0v) is 16.7. The van der Waals surface area contributed by atoms with Crippen LogP contribution in [0.5, 0.6) is 11.5 Å². The van der Waals surface area contributed by atoms with Crippen LogP contribution in [0.4, 0.5) is 5.69 Å². The lowest BCUT2D eigenvalue weighted by Crippen LogP contribution is -2.18. The Bertz CT molecular complexity index is 972. The van der Waals surface area contributed by atoms with Crippen LogP contribution >= 0.6 is 11.8 Å². The number of hydrogen-bond acceptors (Lipinski definition) is 6. The Morgan fingerprint density at radius 3 is 2.30 bits per heavy atom. The van der Waals surface area contributed by atoms with Gasteiger partial charge >= 0.3 is 0 Å². The fraction of sp³-hybridized carbons (Fsp3) is 0.316. The Kier molecular flexibility index (Phi) is 5.82.